The molecule has 0 aromatic heterocycles. The highest BCUT2D eigenvalue weighted by atomic mass is 127. The van der Waals surface area contributed by atoms with Crippen LogP contribution in [0.5, 0.6) is 0 Å². The number of halogens is 1. The zero-order valence-corrected chi connectivity index (χ0v) is 20.8. The molecule has 1 fully saturated rings. The number of carbonyl (C=O) groups excluding carboxylic acids is 1. The van der Waals surface area contributed by atoms with Crippen molar-refractivity contribution >= 4 is 41.5 Å². The Morgan fingerprint density at radius 3 is 2.45 bits per heavy atom. The Labute approximate surface area is 203 Å². The molecule has 2 N–H and O–H groups in total. The Balaban J connectivity index is 0.00000341. The summed E-state index contributed by atoms with van der Waals surface area (Å²) in [6, 6.07) is 21.2. The van der Waals surface area contributed by atoms with Gasteiger partial charge in [-0.2, -0.15) is 0 Å². The highest BCUT2D eigenvalue weighted by Gasteiger charge is 2.21. The van der Waals surface area contributed by atoms with Gasteiger partial charge in [0.05, 0.1) is 0 Å². The lowest BCUT2D eigenvalue weighted by Gasteiger charge is -2.35. The van der Waals surface area contributed by atoms with E-state index in [9.17, 15) is 4.79 Å². The van der Waals surface area contributed by atoms with Gasteiger partial charge in [0, 0.05) is 45.5 Å². The summed E-state index contributed by atoms with van der Waals surface area (Å²) in [6.45, 7) is 2.89. The zero-order chi connectivity index (χ0) is 21.2. The molecule has 6 nitrogen and oxygen atoms in total. The zero-order valence-electron chi connectivity index (χ0n) is 18.5. The molecular formula is C24H34IN5O. The summed E-state index contributed by atoms with van der Waals surface area (Å²) in [5.41, 5.74) is 2.53. The van der Waals surface area contributed by atoms with Crippen LogP contribution in [-0.4, -0.2) is 63.1 Å². The van der Waals surface area contributed by atoms with E-state index in [4.69, 9.17) is 0 Å². The first-order valence-corrected chi connectivity index (χ1v) is 10.7. The van der Waals surface area contributed by atoms with E-state index in [1.54, 1.807) is 19.0 Å². The van der Waals surface area contributed by atoms with Crippen molar-refractivity contribution in [3.8, 4) is 0 Å². The number of nitrogens with one attached hydrogen (secondary N) is 2. The molecule has 0 saturated carbocycles. The van der Waals surface area contributed by atoms with E-state index in [-0.39, 0.29) is 42.5 Å². The van der Waals surface area contributed by atoms with Crippen LogP contribution in [0, 0.1) is 0 Å². The number of guanidine groups is 1. The van der Waals surface area contributed by atoms with Crippen LogP contribution in [0.1, 0.15) is 18.4 Å². The number of carbonyl (C=O) groups is 1. The van der Waals surface area contributed by atoms with Crippen molar-refractivity contribution in [1.29, 1.82) is 0 Å². The summed E-state index contributed by atoms with van der Waals surface area (Å²) < 4.78 is 0. The fourth-order valence-electron chi connectivity index (χ4n) is 3.57. The van der Waals surface area contributed by atoms with Crippen LogP contribution in [0.15, 0.2) is 65.7 Å². The summed E-state index contributed by atoms with van der Waals surface area (Å²) in [6.07, 6.45) is 3.12. The molecule has 31 heavy (non-hydrogen) atoms. The number of nitrogens with zero attached hydrogens (tertiary/aromatic N) is 3. The number of anilines is 1. The second-order valence-electron chi connectivity index (χ2n) is 7.88. The molecule has 0 aliphatic carbocycles. The Hall–Kier alpha value is -2.29. The second-order valence-corrected chi connectivity index (χ2v) is 7.88. The van der Waals surface area contributed by atoms with Gasteiger partial charge in [-0.15, -0.1) is 24.0 Å². The lowest BCUT2D eigenvalue weighted by atomic mass is 10.0. The van der Waals surface area contributed by atoms with Gasteiger partial charge in [0.2, 0.25) is 5.91 Å². The average molecular weight is 535 g/mol. The smallest absolute Gasteiger partial charge is 0.243 e. The predicted octanol–water partition coefficient (Wildman–Crippen LogP) is 3.14. The third-order valence-corrected chi connectivity index (χ3v) is 5.30. The van der Waals surface area contributed by atoms with Crippen LogP contribution in [0.25, 0.3) is 0 Å². The Morgan fingerprint density at radius 2 is 1.77 bits per heavy atom. The van der Waals surface area contributed by atoms with E-state index in [1.165, 1.54) is 11.3 Å². The molecule has 7 heteroatoms. The number of rotatable bonds is 7. The van der Waals surface area contributed by atoms with E-state index >= 15 is 0 Å². The van der Waals surface area contributed by atoms with Gasteiger partial charge in [0.15, 0.2) is 5.96 Å². The Morgan fingerprint density at radius 1 is 1.10 bits per heavy atom. The standard InChI is InChI=1S/C24H33N5O.HI/c1-28(2)23(30)18-26-24(25-16-15-20-10-5-3-6-11-20)27-21-12-9-17-29(19-21)22-13-7-4-8-14-22;/h3-8,10-11,13-14,21H,9,12,15-19H2,1-2H3,(H2,25,26,27);1H. The van der Waals surface area contributed by atoms with Crippen molar-refractivity contribution < 1.29 is 4.79 Å². The largest absolute Gasteiger partial charge is 0.369 e. The van der Waals surface area contributed by atoms with Crippen molar-refractivity contribution in [1.82, 2.24) is 15.5 Å². The molecule has 1 amide bonds. The summed E-state index contributed by atoms with van der Waals surface area (Å²) in [7, 11) is 3.51. The predicted molar refractivity (Wildman–Crippen MR) is 139 cm³/mol. The maximum Gasteiger partial charge on any atom is 0.243 e. The number of hydrogen-bond acceptors (Lipinski definition) is 3. The van der Waals surface area contributed by atoms with Crippen LogP contribution >= 0.6 is 24.0 Å². The highest BCUT2D eigenvalue weighted by molar-refractivity contribution is 14.0. The number of likely N-dealkylation sites (N-methyl/N-ethyl adjacent to an activating group) is 1. The van der Waals surface area contributed by atoms with E-state index < -0.39 is 0 Å². The van der Waals surface area contributed by atoms with Gasteiger partial charge >= 0.3 is 0 Å². The van der Waals surface area contributed by atoms with Crippen molar-refractivity contribution in [3.63, 3.8) is 0 Å². The van der Waals surface area contributed by atoms with Crippen molar-refractivity contribution in [3.05, 3.63) is 66.2 Å². The number of hydrogen-bond donors (Lipinski definition) is 2. The number of amides is 1. The van der Waals surface area contributed by atoms with Crippen molar-refractivity contribution in [2.24, 2.45) is 4.99 Å². The molecule has 0 spiro atoms. The second kappa shape index (κ2) is 13.2. The van der Waals surface area contributed by atoms with Gasteiger partial charge in [-0.05, 0) is 37.0 Å². The molecule has 1 heterocycles. The summed E-state index contributed by atoms with van der Waals surface area (Å²) in [5, 5.41) is 6.98. The summed E-state index contributed by atoms with van der Waals surface area (Å²) >= 11 is 0. The highest BCUT2D eigenvalue weighted by Crippen LogP contribution is 2.19. The average Bonchev–Trinajstić information content (AvgIpc) is 2.78. The van der Waals surface area contributed by atoms with Gasteiger partial charge < -0.3 is 20.4 Å². The number of piperidine rings is 1. The van der Waals surface area contributed by atoms with Gasteiger partial charge in [-0.1, -0.05) is 48.5 Å². The third kappa shape index (κ3) is 8.40. The van der Waals surface area contributed by atoms with Crippen molar-refractivity contribution in [2.45, 2.75) is 25.3 Å². The molecular weight excluding hydrogens is 501 g/mol. The number of benzene rings is 2. The first-order valence-electron chi connectivity index (χ1n) is 10.7. The number of para-hydroxylation sites is 1. The molecule has 3 rings (SSSR count). The SMILES string of the molecule is CN(C)C(=O)CN=C(NCCc1ccccc1)NC1CCCN(c2ccccc2)C1.I. The molecule has 1 aliphatic rings. The van der Waals surface area contributed by atoms with Crippen molar-refractivity contribution in [2.75, 3.05) is 45.2 Å². The molecule has 1 unspecified atom stereocenters. The fraction of sp³-hybridized carbons (Fsp3) is 0.417. The van der Waals surface area contributed by atoms with Crippen LogP contribution in [0.4, 0.5) is 5.69 Å². The molecule has 2 aromatic carbocycles. The first kappa shape index (κ1) is 25.0. The first-order chi connectivity index (χ1) is 14.6. The topological polar surface area (TPSA) is 60.0 Å². The Bertz CT molecular complexity index is 813. The van der Waals surface area contributed by atoms with Gasteiger partial charge in [0.25, 0.3) is 0 Å². The third-order valence-electron chi connectivity index (χ3n) is 5.30. The Kier molecular flexibility index (Phi) is 10.6. The number of aliphatic imine (C=N–C) groups is 1. The summed E-state index contributed by atoms with van der Waals surface area (Å²) in [5.74, 6) is 0.703. The monoisotopic (exact) mass is 535 g/mol. The van der Waals surface area contributed by atoms with Crippen LogP contribution in [0.3, 0.4) is 0 Å². The van der Waals surface area contributed by atoms with Gasteiger partial charge in [0.1, 0.15) is 6.54 Å². The van der Waals surface area contributed by atoms with Crippen LogP contribution < -0.4 is 15.5 Å². The molecule has 168 valence electrons. The van der Waals surface area contributed by atoms with E-state index in [0.29, 0.717) is 5.96 Å². The molecule has 1 saturated heterocycles. The normalized spacial score (nSPS) is 16.3. The fourth-order valence-corrected chi connectivity index (χ4v) is 3.57. The molecule has 1 aliphatic heterocycles. The maximum atomic E-state index is 12.0. The minimum atomic E-state index is -0.00582. The van der Waals surface area contributed by atoms with Gasteiger partial charge in [-0.25, -0.2) is 4.99 Å². The van der Waals surface area contributed by atoms with Gasteiger partial charge in [-0.3, -0.25) is 4.79 Å². The maximum absolute atomic E-state index is 12.0. The molecule has 0 radical (unpaired) electrons. The van der Waals surface area contributed by atoms with E-state index in [0.717, 1.165) is 38.9 Å². The van der Waals surface area contributed by atoms with Crippen LogP contribution in [0.2, 0.25) is 0 Å². The lowest BCUT2D eigenvalue weighted by molar-refractivity contribution is -0.127. The summed E-state index contributed by atoms with van der Waals surface area (Å²) in [4.78, 5) is 20.6. The molecule has 2 aromatic rings. The minimum Gasteiger partial charge on any atom is -0.369 e. The molecule has 1 atom stereocenters. The minimum absolute atomic E-state index is 0. The quantitative estimate of drug-likeness (QED) is 0.325. The van der Waals surface area contributed by atoms with E-state index in [2.05, 4.69) is 69.1 Å². The lowest BCUT2D eigenvalue weighted by Crippen LogP contribution is -2.51. The molecule has 0 bridgehead atoms. The van der Waals surface area contributed by atoms with E-state index in [1.807, 2.05) is 12.1 Å². The van der Waals surface area contributed by atoms with Crippen LogP contribution in [-0.2, 0) is 11.2 Å².